The number of likely N-dealkylation sites (tertiary alicyclic amines) is 1. The highest BCUT2D eigenvalue weighted by Gasteiger charge is 2.40. The van der Waals surface area contributed by atoms with Gasteiger partial charge in [0.15, 0.2) is 0 Å². The molecular weight excluding hydrogens is 300 g/mol. The van der Waals surface area contributed by atoms with Crippen molar-refractivity contribution in [3.8, 4) is 0 Å². The van der Waals surface area contributed by atoms with Gasteiger partial charge in [-0.15, -0.1) is 0 Å². The van der Waals surface area contributed by atoms with E-state index in [0.717, 1.165) is 37.9 Å². The summed E-state index contributed by atoms with van der Waals surface area (Å²) in [7, 11) is 0. The van der Waals surface area contributed by atoms with Crippen molar-refractivity contribution in [2.24, 2.45) is 22.9 Å². The lowest BCUT2D eigenvalue weighted by Gasteiger charge is -2.39. The molecule has 1 aliphatic heterocycles. The highest BCUT2D eigenvalue weighted by molar-refractivity contribution is 5.83. The zero-order valence-electron chi connectivity index (χ0n) is 15.9. The lowest BCUT2D eigenvalue weighted by Crippen LogP contribution is -2.56. The fourth-order valence-corrected chi connectivity index (χ4v) is 4.15. The van der Waals surface area contributed by atoms with Crippen molar-refractivity contribution in [1.29, 1.82) is 0 Å². The van der Waals surface area contributed by atoms with Gasteiger partial charge in [0.1, 0.15) is 6.04 Å². The van der Waals surface area contributed by atoms with Crippen molar-refractivity contribution in [2.75, 3.05) is 6.54 Å². The first-order valence-corrected chi connectivity index (χ1v) is 9.52. The van der Waals surface area contributed by atoms with E-state index in [1.807, 2.05) is 11.1 Å². The Labute approximate surface area is 147 Å². The maximum atomic E-state index is 13.1. The third kappa shape index (κ3) is 4.44. The van der Waals surface area contributed by atoms with Gasteiger partial charge in [0.25, 0.3) is 0 Å². The topological polar surface area (TPSA) is 75.6 Å². The highest BCUT2D eigenvalue weighted by Crippen LogP contribution is 2.30. The number of nitrogens with two attached hydrogens (primary N) is 2. The summed E-state index contributed by atoms with van der Waals surface area (Å²) in [5.41, 5.74) is 6.90. The Morgan fingerprint density at radius 2 is 1.79 bits per heavy atom. The van der Waals surface area contributed by atoms with E-state index >= 15 is 0 Å². The van der Waals surface area contributed by atoms with Gasteiger partial charge in [-0.3, -0.25) is 4.79 Å². The monoisotopic (exact) mass is 336 g/mol. The van der Waals surface area contributed by atoms with Gasteiger partial charge < -0.3 is 15.6 Å². The fourth-order valence-electron chi connectivity index (χ4n) is 4.15. The first-order chi connectivity index (χ1) is 11.2. The molecule has 2 atom stereocenters. The maximum Gasteiger partial charge on any atom is 0.247 e. The zero-order valence-corrected chi connectivity index (χ0v) is 15.9. The maximum absolute atomic E-state index is 13.1. The number of allylic oxidation sites excluding steroid dienone is 1. The van der Waals surface area contributed by atoms with Crippen molar-refractivity contribution in [3.05, 3.63) is 11.9 Å². The third-order valence-electron chi connectivity index (χ3n) is 5.56. The summed E-state index contributed by atoms with van der Waals surface area (Å²) in [4.78, 5) is 15.1. The van der Waals surface area contributed by atoms with Crippen molar-refractivity contribution in [1.82, 2.24) is 9.91 Å². The van der Waals surface area contributed by atoms with E-state index in [1.165, 1.54) is 19.3 Å². The molecule has 0 bridgehead atoms. The van der Waals surface area contributed by atoms with E-state index in [2.05, 4.69) is 27.7 Å². The quantitative estimate of drug-likeness (QED) is 0.611. The molecule has 5 heteroatoms. The summed E-state index contributed by atoms with van der Waals surface area (Å²) in [5, 5.41) is 1.58. The Morgan fingerprint density at radius 3 is 2.29 bits per heavy atom. The molecule has 0 aromatic carbocycles. The molecule has 1 aliphatic carbocycles. The molecule has 1 saturated carbocycles. The second kappa shape index (κ2) is 7.77. The van der Waals surface area contributed by atoms with Crippen LogP contribution in [0.3, 0.4) is 0 Å². The van der Waals surface area contributed by atoms with Crippen LogP contribution >= 0.6 is 0 Å². The van der Waals surface area contributed by atoms with Gasteiger partial charge in [0, 0.05) is 24.5 Å². The van der Waals surface area contributed by atoms with Crippen LogP contribution in [0.1, 0.15) is 72.6 Å². The molecule has 0 spiro atoms. The predicted octanol–water partition coefficient (Wildman–Crippen LogP) is 2.97. The Hall–Kier alpha value is -1.23. The molecule has 5 nitrogen and oxygen atoms in total. The van der Waals surface area contributed by atoms with Gasteiger partial charge in [0.2, 0.25) is 5.91 Å². The minimum atomic E-state index is -0.389. The van der Waals surface area contributed by atoms with Crippen molar-refractivity contribution < 1.29 is 4.79 Å². The summed E-state index contributed by atoms with van der Waals surface area (Å²) in [6.45, 7) is 9.17. The molecular formula is C19H36N4O. The first-order valence-electron chi connectivity index (χ1n) is 9.52. The number of hydrazine groups is 1. The van der Waals surface area contributed by atoms with E-state index in [4.69, 9.17) is 11.6 Å². The Bertz CT molecular complexity index is 462. The molecule has 2 unspecified atom stereocenters. The van der Waals surface area contributed by atoms with E-state index in [9.17, 15) is 4.79 Å². The molecule has 2 aliphatic rings. The standard InChI is InChI=1S/C19H36N4O/c1-14-9-8-12-22(14)18(24)17(19(2,3)4)23(21)13-16(20)15-10-6-5-7-11-15/h13-15,17H,5-12,20-21H2,1-4H3/b16-13-. The van der Waals surface area contributed by atoms with Crippen molar-refractivity contribution in [2.45, 2.75) is 84.7 Å². The van der Waals surface area contributed by atoms with Crippen LogP contribution < -0.4 is 11.6 Å². The number of hydrogen-bond acceptors (Lipinski definition) is 4. The number of hydrogen-bond donors (Lipinski definition) is 2. The molecule has 24 heavy (non-hydrogen) atoms. The molecule has 1 amide bonds. The van der Waals surface area contributed by atoms with Gasteiger partial charge in [-0.25, -0.2) is 5.84 Å². The lowest BCUT2D eigenvalue weighted by molar-refractivity contribution is -0.140. The zero-order chi connectivity index (χ0) is 17.9. The van der Waals surface area contributed by atoms with Crippen LogP contribution in [0.25, 0.3) is 0 Å². The number of carbonyl (C=O) groups excluding carboxylic acids is 1. The normalized spacial score (nSPS) is 25.0. The van der Waals surface area contributed by atoms with Crippen LogP contribution in [-0.2, 0) is 4.79 Å². The molecule has 0 radical (unpaired) electrons. The van der Waals surface area contributed by atoms with Gasteiger partial charge in [-0.1, -0.05) is 40.0 Å². The molecule has 4 N–H and O–H groups in total. The SMILES string of the molecule is CC1CCCN1C(=O)C(N(N)/C=C(\N)C1CCCCC1)C(C)(C)C. The number of carbonyl (C=O) groups is 1. The number of amides is 1. The predicted molar refractivity (Wildman–Crippen MR) is 98.5 cm³/mol. The smallest absolute Gasteiger partial charge is 0.247 e. The Balaban J connectivity index is 2.16. The second-order valence-electron chi connectivity index (χ2n) is 8.70. The van der Waals surface area contributed by atoms with Crippen molar-refractivity contribution >= 4 is 5.91 Å². The minimum Gasteiger partial charge on any atom is -0.401 e. The van der Waals surface area contributed by atoms with Gasteiger partial charge >= 0.3 is 0 Å². The van der Waals surface area contributed by atoms with Gasteiger partial charge in [-0.05, 0) is 43.9 Å². The summed E-state index contributed by atoms with van der Waals surface area (Å²) in [6.07, 6.45) is 10.0. The molecule has 0 aromatic heterocycles. The Morgan fingerprint density at radius 1 is 1.17 bits per heavy atom. The van der Waals surface area contributed by atoms with Crippen LogP contribution in [0.2, 0.25) is 0 Å². The molecule has 138 valence electrons. The summed E-state index contributed by atoms with van der Waals surface area (Å²) in [6, 6.07) is -0.0874. The largest absolute Gasteiger partial charge is 0.401 e. The van der Waals surface area contributed by atoms with Crippen LogP contribution in [0, 0.1) is 11.3 Å². The Kier molecular flexibility index (Phi) is 6.18. The molecule has 0 aromatic rings. The van der Waals surface area contributed by atoms with Gasteiger partial charge in [-0.2, -0.15) is 0 Å². The lowest BCUT2D eigenvalue weighted by atomic mass is 9.84. The fraction of sp³-hybridized carbons (Fsp3) is 0.842. The van der Waals surface area contributed by atoms with Gasteiger partial charge in [0.05, 0.1) is 0 Å². The van der Waals surface area contributed by atoms with Crippen LogP contribution in [0.5, 0.6) is 0 Å². The van der Waals surface area contributed by atoms with Crippen LogP contribution in [-0.4, -0.2) is 34.4 Å². The number of nitrogens with zero attached hydrogens (tertiary/aromatic N) is 2. The molecule has 1 saturated heterocycles. The van der Waals surface area contributed by atoms with E-state index < -0.39 is 0 Å². The average Bonchev–Trinajstić information content (AvgIpc) is 2.92. The molecule has 2 fully saturated rings. The van der Waals surface area contributed by atoms with Crippen LogP contribution in [0.4, 0.5) is 0 Å². The highest BCUT2D eigenvalue weighted by atomic mass is 16.2. The van der Waals surface area contributed by atoms with Crippen LogP contribution in [0.15, 0.2) is 11.9 Å². The summed E-state index contributed by atoms with van der Waals surface area (Å²) < 4.78 is 0. The molecule has 1 heterocycles. The average molecular weight is 337 g/mol. The van der Waals surface area contributed by atoms with E-state index in [1.54, 1.807) is 5.01 Å². The first kappa shape index (κ1) is 19.1. The van der Waals surface area contributed by atoms with E-state index in [-0.39, 0.29) is 17.4 Å². The summed E-state index contributed by atoms with van der Waals surface area (Å²) in [5.74, 6) is 6.89. The molecule has 2 rings (SSSR count). The minimum absolute atomic E-state index is 0.127. The van der Waals surface area contributed by atoms with Crippen molar-refractivity contribution in [3.63, 3.8) is 0 Å². The number of rotatable bonds is 4. The van der Waals surface area contributed by atoms with E-state index in [0.29, 0.717) is 12.0 Å². The summed E-state index contributed by atoms with van der Waals surface area (Å²) >= 11 is 0. The third-order valence-corrected chi connectivity index (χ3v) is 5.56. The second-order valence-corrected chi connectivity index (χ2v) is 8.70.